The predicted molar refractivity (Wildman–Crippen MR) is 124 cm³/mol. The van der Waals surface area contributed by atoms with Crippen molar-refractivity contribution in [1.29, 1.82) is 0 Å². The first-order valence-electron chi connectivity index (χ1n) is 11.1. The molecule has 28 heavy (non-hydrogen) atoms. The highest BCUT2D eigenvalue weighted by Crippen LogP contribution is 2.46. The van der Waals surface area contributed by atoms with Crippen LogP contribution in [0.2, 0.25) is 0 Å². The van der Waals surface area contributed by atoms with Crippen molar-refractivity contribution in [2.75, 3.05) is 13.6 Å². The Balaban J connectivity index is 1.82. The molecule has 0 N–H and O–H groups in total. The number of hydrogen-bond donors (Lipinski definition) is 0. The van der Waals surface area contributed by atoms with E-state index in [1.807, 2.05) is 67.7 Å². The highest BCUT2D eigenvalue weighted by molar-refractivity contribution is 7.76. The van der Waals surface area contributed by atoms with Gasteiger partial charge in [-0.2, -0.15) is 0 Å². The smallest absolute Gasteiger partial charge is 0.206 e. The third-order valence-electron chi connectivity index (χ3n) is 5.53. The van der Waals surface area contributed by atoms with Gasteiger partial charge < -0.3 is 0 Å². The fraction of sp³-hybridized carbons (Fsp3) is 0.520. The molecule has 2 nitrogen and oxygen atoms in total. The van der Waals surface area contributed by atoms with Crippen molar-refractivity contribution in [1.82, 2.24) is 4.67 Å². The van der Waals surface area contributed by atoms with E-state index in [0.717, 1.165) is 23.6 Å². The van der Waals surface area contributed by atoms with Gasteiger partial charge in [-0.05, 0) is 37.7 Å². The van der Waals surface area contributed by atoms with Crippen LogP contribution in [0.3, 0.4) is 0 Å². The predicted octanol–water partition coefficient (Wildman–Crippen LogP) is 6.77. The Morgan fingerprint density at radius 2 is 1.04 bits per heavy atom. The van der Waals surface area contributed by atoms with Gasteiger partial charge in [0.2, 0.25) is 7.29 Å². The molecule has 0 spiro atoms. The second kappa shape index (κ2) is 13.0. The van der Waals surface area contributed by atoms with Gasteiger partial charge in [0.15, 0.2) is 0 Å². The van der Waals surface area contributed by atoms with E-state index >= 15 is 0 Å². The van der Waals surface area contributed by atoms with Crippen LogP contribution in [0.4, 0.5) is 0 Å². The quantitative estimate of drug-likeness (QED) is 0.258. The van der Waals surface area contributed by atoms with E-state index in [9.17, 15) is 4.57 Å². The Bertz CT molecular complexity index is 643. The van der Waals surface area contributed by atoms with Crippen molar-refractivity contribution < 1.29 is 4.57 Å². The van der Waals surface area contributed by atoms with Crippen molar-refractivity contribution in [3.05, 3.63) is 60.7 Å². The molecule has 154 valence electrons. The van der Waals surface area contributed by atoms with Gasteiger partial charge >= 0.3 is 0 Å². The molecule has 0 radical (unpaired) electrons. The molecule has 0 atom stereocenters. The minimum atomic E-state index is -2.76. The van der Waals surface area contributed by atoms with Crippen LogP contribution < -0.4 is 10.6 Å². The molecule has 2 aromatic carbocycles. The second-order valence-electron chi connectivity index (χ2n) is 7.81. The Morgan fingerprint density at radius 3 is 1.46 bits per heavy atom. The van der Waals surface area contributed by atoms with E-state index in [0.29, 0.717) is 0 Å². The van der Waals surface area contributed by atoms with Crippen molar-refractivity contribution in [2.24, 2.45) is 0 Å². The van der Waals surface area contributed by atoms with Crippen LogP contribution in [0.15, 0.2) is 60.7 Å². The second-order valence-corrected chi connectivity index (χ2v) is 10.7. The summed E-state index contributed by atoms with van der Waals surface area (Å²) in [6, 6.07) is 19.9. The molecular formula is C25H38NOP. The summed E-state index contributed by atoms with van der Waals surface area (Å²) in [4.78, 5) is 0. The zero-order chi connectivity index (χ0) is 20.1. The van der Waals surface area contributed by atoms with Gasteiger partial charge in [0, 0.05) is 17.2 Å². The molecule has 0 bridgehead atoms. The standard InChI is InChI=1S/C25H38NOP/c1-3-4-5-6-7-8-9-10-11-18-23-26(2)28(27,24-19-14-12-15-20-24)25-21-16-13-17-22-25/h12-17,19-22H,3-11,18,23H2,1-2H3. The minimum absolute atomic E-state index is 0.873. The van der Waals surface area contributed by atoms with Gasteiger partial charge in [-0.25, -0.2) is 4.67 Å². The maximum absolute atomic E-state index is 14.1. The van der Waals surface area contributed by atoms with Crippen LogP contribution in [0, 0.1) is 0 Å². The summed E-state index contributed by atoms with van der Waals surface area (Å²) in [6.45, 7) is 3.14. The molecule has 2 aromatic rings. The molecule has 0 amide bonds. The average molecular weight is 400 g/mol. The molecule has 0 aliphatic heterocycles. The molecule has 0 fully saturated rings. The van der Waals surface area contributed by atoms with Gasteiger partial charge in [0.1, 0.15) is 0 Å². The lowest BCUT2D eigenvalue weighted by Gasteiger charge is -2.29. The van der Waals surface area contributed by atoms with E-state index in [4.69, 9.17) is 0 Å². The SMILES string of the molecule is CCCCCCCCCCCCN(C)P(=O)(c1ccccc1)c1ccccc1. The zero-order valence-corrected chi connectivity index (χ0v) is 18.7. The van der Waals surface area contributed by atoms with Gasteiger partial charge in [-0.1, -0.05) is 101 Å². The van der Waals surface area contributed by atoms with Crippen LogP contribution in [-0.2, 0) is 4.57 Å². The molecule has 3 heteroatoms. The summed E-state index contributed by atoms with van der Waals surface area (Å²) < 4.78 is 16.2. The van der Waals surface area contributed by atoms with E-state index in [1.165, 1.54) is 57.8 Å². The molecular weight excluding hydrogens is 361 g/mol. The lowest BCUT2D eigenvalue weighted by molar-refractivity contribution is 0.458. The molecule has 2 rings (SSSR count). The molecule has 0 saturated heterocycles. The topological polar surface area (TPSA) is 20.3 Å². The van der Waals surface area contributed by atoms with Crippen molar-refractivity contribution in [2.45, 2.75) is 71.1 Å². The van der Waals surface area contributed by atoms with Crippen LogP contribution in [-0.4, -0.2) is 18.3 Å². The number of hydrogen-bond acceptors (Lipinski definition) is 1. The summed E-state index contributed by atoms with van der Waals surface area (Å²) in [6.07, 6.45) is 13.2. The molecule has 0 saturated carbocycles. The minimum Gasteiger partial charge on any atom is -0.296 e. The summed E-state index contributed by atoms with van der Waals surface area (Å²) in [7, 11) is -0.737. The number of unbranched alkanes of at least 4 members (excludes halogenated alkanes) is 9. The molecule has 0 aliphatic carbocycles. The number of benzene rings is 2. The first-order valence-corrected chi connectivity index (χ1v) is 12.8. The van der Waals surface area contributed by atoms with Gasteiger partial charge in [0.05, 0.1) is 0 Å². The van der Waals surface area contributed by atoms with E-state index in [2.05, 4.69) is 11.6 Å². The van der Waals surface area contributed by atoms with Gasteiger partial charge in [-0.3, -0.25) is 4.57 Å². The van der Waals surface area contributed by atoms with Gasteiger partial charge in [-0.15, -0.1) is 0 Å². The van der Waals surface area contributed by atoms with Crippen LogP contribution in [0.1, 0.15) is 71.1 Å². The maximum atomic E-state index is 14.1. The Labute approximate surface area is 172 Å². The van der Waals surface area contributed by atoms with E-state index in [-0.39, 0.29) is 0 Å². The summed E-state index contributed by atoms with van der Waals surface area (Å²) in [5, 5.41) is 1.85. The maximum Gasteiger partial charge on any atom is 0.206 e. The summed E-state index contributed by atoms with van der Waals surface area (Å²) in [5.74, 6) is 0. The molecule has 0 aromatic heterocycles. The third kappa shape index (κ3) is 6.90. The monoisotopic (exact) mass is 399 g/mol. The van der Waals surface area contributed by atoms with Crippen LogP contribution >= 0.6 is 7.29 Å². The zero-order valence-electron chi connectivity index (χ0n) is 17.9. The van der Waals surface area contributed by atoms with Gasteiger partial charge in [0.25, 0.3) is 0 Å². The lowest BCUT2D eigenvalue weighted by atomic mass is 10.1. The van der Waals surface area contributed by atoms with Crippen LogP contribution in [0.5, 0.6) is 0 Å². The van der Waals surface area contributed by atoms with Crippen molar-refractivity contribution >= 4 is 17.9 Å². The Kier molecular flexibility index (Phi) is 10.6. The summed E-state index contributed by atoms with van der Waals surface area (Å²) >= 11 is 0. The van der Waals surface area contributed by atoms with Crippen molar-refractivity contribution in [3.8, 4) is 0 Å². The first kappa shape index (κ1) is 22.9. The highest BCUT2D eigenvalue weighted by Gasteiger charge is 2.31. The largest absolute Gasteiger partial charge is 0.296 e. The average Bonchev–Trinajstić information content (AvgIpc) is 2.75. The molecule has 0 unspecified atom stereocenters. The summed E-state index contributed by atoms with van der Waals surface area (Å²) in [5.41, 5.74) is 0. The van der Waals surface area contributed by atoms with Crippen molar-refractivity contribution in [3.63, 3.8) is 0 Å². The third-order valence-corrected chi connectivity index (χ3v) is 8.69. The number of rotatable bonds is 14. The molecule has 0 heterocycles. The lowest BCUT2D eigenvalue weighted by Crippen LogP contribution is -2.30. The normalized spacial score (nSPS) is 11.8. The Hall–Kier alpha value is -1.37. The fourth-order valence-corrected chi connectivity index (χ4v) is 6.43. The fourth-order valence-electron chi connectivity index (χ4n) is 3.77. The molecule has 0 aliphatic rings. The van der Waals surface area contributed by atoms with E-state index in [1.54, 1.807) is 0 Å². The van der Waals surface area contributed by atoms with Crippen LogP contribution in [0.25, 0.3) is 0 Å². The first-order chi connectivity index (χ1) is 13.7. The highest BCUT2D eigenvalue weighted by atomic mass is 31.2. The Morgan fingerprint density at radius 1 is 0.643 bits per heavy atom. The number of nitrogens with zero attached hydrogens (tertiary/aromatic N) is 1. The van der Waals surface area contributed by atoms with E-state index < -0.39 is 7.29 Å².